The zero-order chi connectivity index (χ0) is 16.5. The second-order valence-corrected chi connectivity index (χ2v) is 7.18. The molecule has 24 heavy (non-hydrogen) atoms. The Bertz CT molecular complexity index is 847. The topological polar surface area (TPSA) is 52.2 Å². The van der Waals surface area contributed by atoms with Gasteiger partial charge in [-0.25, -0.2) is 4.98 Å². The summed E-state index contributed by atoms with van der Waals surface area (Å²) in [6, 6.07) is 10.4. The predicted molar refractivity (Wildman–Crippen MR) is 97.6 cm³/mol. The molecule has 2 aromatic heterocycles. The van der Waals surface area contributed by atoms with Crippen molar-refractivity contribution in [2.45, 2.75) is 13.3 Å². The zero-order valence-corrected chi connectivity index (χ0v) is 14.5. The number of benzene rings is 1. The van der Waals surface area contributed by atoms with Crippen LogP contribution in [0.15, 0.2) is 35.7 Å². The molecule has 1 fully saturated rings. The number of thiophene rings is 1. The quantitative estimate of drug-likeness (QED) is 0.798. The Morgan fingerprint density at radius 1 is 1.25 bits per heavy atom. The van der Waals surface area contributed by atoms with E-state index in [0.717, 1.165) is 47.9 Å². The lowest BCUT2D eigenvalue weighted by Crippen LogP contribution is -2.49. The summed E-state index contributed by atoms with van der Waals surface area (Å²) in [4.78, 5) is 25.6. The van der Waals surface area contributed by atoms with Gasteiger partial charge in [-0.1, -0.05) is 6.07 Å². The minimum Gasteiger partial charge on any atom is -0.368 e. The summed E-state index contributed by atoms with van der Waals surface area (Å²) < 4.78 is 0. The number of imidazole rings is 1. The lowest BCUT2D eigenvalue weighted by atomic mass is 10.2. The number of rotatable bonds is 3. The van der Waals surface area contributed by atoms with E-state index in [-0.39, 0.29) is 5.91 Å². The normalized spacial score (nSPS) is 15.2. The molecule has 1 aliphatic heterocycles. The Morgan fingerprint density at radius 2 is 2.08 bits per heavy atom. The number of hydrogen-bond donors (Lipinski definition) is 1. The van der Waals surface area contributed by atoms with Crippen LogP contribution in [0.5, 0.6) is 0 Å². The highest BCUT2D eigenvalue weighted by molar-refractivity contribution is 7.10. The van der Waals surface area contributed by atoms with Crippen LogP contribution in [-0.2, 0) is 11.2 Å². The molecule has 3 heterocycles. The second-order valence-electron chi connectivity index (χ2n) is 6.15. The third-order valence-electron chi connectivity index (χ3n) is 4.49. The molecule has 1 saturated heterocycles. The Hall–Kier alpha value is -2.34. The van der Waals surface area contributed by atoms with Crippen molar-refractivity contribution in [2.24, 2.45) is 0 Å². The molecule has 1 aromatic carbocycles. The van der Waals surface area contributed by atoms with Gasteiger partial charge in [0.1, 0.15) is 5.82 Å². The Labute approximate surface area is 144 Å². The van der Waals surface area contributed by atoms with Gasteiger partial charge < -0.3 is 14.8 Å². The maximum Gasteiger partial charge on any atom is 0.227 e. The first-order chi connectivity index (χ1) is 11.7. The number of hydrogen-bond acceptors (Lipinski definition) is 4. The minimum absolute atomic E-state index is 0.233. The van der Waals surface area contributed by atoms with Crippen molar-refractivity contribution >= 4 is 34.0 Å². The van der Waals surface area contributed by atoms with Gasteiger partial charge in [-0.3, -0.25) is 4.79 Å². The molecule has 3 aromatic rings. The number of anilines is 1. The Kier molecular flexibility index (Phi) is 3.98. The number of aromatic nitrogens is 2. The fourth-order valence-electron chi connectivity index (χ4n) is 3.21. The van der Waals surface area contributed by atoms with Crippen molar-refractivity contribution in [3.05, 3.63) is 46.4 Å². The molecule has 0 radical (unpaired) electrons. The van der Waals surface area contributed by atoms with Gasteiger partial charge in [0.25, 0.3) is 0 Å². The summed E-state index contributed by atoms with van der Waals surface area (Å²) in [5, 5.41) is 2.02. The standard InChI is InChI=1S/C18H20N4OS/c1-13-19-16-5-4-14(11-17(16)20-13)21-6-8-22(9-7-21)18(23)12-15-3-2-10-24-15/h2-5,10-11H,6-9,12H2,1H3,(H,19,20). The molecule has 1 amide bonds. The molecule has 0 unspecified atom stereocenters. The van der Waals surface area contributed by atoms with Gasteiger partial charge in [0.15, 0.2) is 0 Å². The molecule has 0 atom stereocenters. The molecule has 124 valence electrons. The number of aryl methyl sites for hydroxylation is 1. The van der Waals surface area contributed by atoms with Crippen molar-refractivity contribution in [2.75, 3.05) is 31.1 Å². The van der Waals surface area contributed by atoms with E-state index < -0.39 is 0 Å². The monoisotopic (exact) mass is 340 g/mol. The first-order valence-electron chi connectivity index (χ1n) is 8.20. The molecule has 0 aliphatic carbocycles. The molecule has 0 saturated carbocycles. The molecule has 6 heteroatoms. The van der Waals surface area contributed by atoms with E-state index in [1.165, 1.54) is 5.69 Å². The van der Waals surface area contributed by atoms with Crippen LogP contribution in [0.1, 0.15) is 10.7 Å². The van der Waals surface area contributed by atoms with Gasteiger partial charge >= 0.3 is 0 Å². The number of amides is 1. The number of piperazine rings is 1. The molecule has 0 spiro atoms. The number of nitrogens with one attached hydrogen (secondary N) is 1. The van der Waals surface area contributed by atoms with Crippen LogP contribution < -0.4 is 4.90 Å². The molecule has 1 N–H and O–H groups in total. The predicted octanol–water partition coefficient (Wildman–Crippen LogP) is 2.82. The third-order valence-corrected chi connectivity index (χ3v) is 5.36. The van der Waals surface area contributed by atoms with Crippen molar-refractivity contribution in [3.8, 4) is 0 Å². The molecular formula is C18H20N4OS. The molecular weight excluding hydrogens is 320 g/mol. The van der Waals surface area contributed by atoms with Crippen LogP contribution in [-0.4, -0.2) is 47.0 Å². The maximum atomic E-state index is 12.4. The maximum absolute atomic E-state index is 12.4. The van der Waals surface area contributed by atoms with Crippen molar-refractivity contribution in [1.82, 2.24) is 14.9 Å². The van der Waals surface area contributed by atoms with E-state index in [4.69, 9.17) is 0 Å². The average molecular weight is 340 g/mol. The van der Waals surface area contributed by atoms with Gasteiger partial charge in [0, 0.05) is 36.7 Å². The SMILES string of the molecule is Cc1nc2ccc(N3CCN(C(=O)Cc4cccs4)CC3)cc2[nH]1. The highest BCUT2D eigenvalue weighted by Crippen LogP contribution is 2.22. The minimum atomic E-state index is 0.233. The second kappa shape index (κ2) is 6.28. The number of carbonyl (C=O) groups excluding carboxylic acids is 1. The molecule has 4 rings (SSSR count). The van der Waals surface area contributed by atoms with E-state index in [9.17, 15) is 4.79 Å². The van der Waals surface area contributed by atoms with Gasteiger partial charge in [-0.15, -0.1) is 11.3 Å². The summed E-state index contributed by atoms with van der Waals surface area (Å²) in [7, 11) is 0. The fraction of sp³-hybridized carbons (Fsp3) is 0.333. The lowest BCUT2D eigenvalue weighted by Gasteiger charge is -2.36. The van der Waals surface area contributed by atoms with Gasteiger partial charge in [0.05, 0.1) is 17.5 Å². The largest absolute Gasteiger partial charge is 0.368 e. The first kappa shape index (κ1) is 15.2. The van der Waals surface area contributed by atoms with Crippen LogP contribution >= 0.6 is 11.3 Å². The summed E-state index contributed by atoms with van der Waals surface area (Å²) in [5.41, 5.74) is 3.26. The van der Waals surface area contributed by atoms with Crippen molar-refractivity contribution in [3.63, 3.8) is 0 Å². The van der Waals surface area contributed by atoms with Crippen LogP contribution in [0, 0.1) is 6.92 Å². The van der Waals surface area contributed by atoms with E-state index in [1.807, 2.05) is 29.3 Å². The number of fused-ring (bicyclic) bond motifs is 1. The van der Waals surface area contributed by atoms with Gasteiger partial charge in [-0.2, -0.15) is 0 Å². The zero-order valence-electron chi connectivity index (χ0n) is 13.7. The number of carbonyl (C=O) groups is 1. The van der Waals surface area contributed by atoms with Crippen LogP contribution in [0.2, 0.25) is 0 Å². The highest BCUT2D eigenvalue weighted by atomic mass is 32.1. The summed E-state index contributed by atoms with van der Waals surface area (Å²) in [6.07, 6.45) is 0.525. The number of H-pyrrole nitrogens is 1. The first-order valence-corrected chi connectivity index (χ1v) is 9.08. The van der Waals surface area contributed by atoms with Crippen LogP contribution in [0.4, 0.5) is 5.69 Å². The van der Waals surface area contributed by atoms with Crippen molar-refractivity contribution in [1.29, 1.82) is 0 Å². The average Bonchev–Trinajstić information content (AvgIpc) is 3.22. The smallest absolute Gasteiger partial charge is 0.227 e. The highest BCUT2D eigenvalue weighted by Gasteiger charge is 2.21. The Morgan fingerprint density at radius 3 is 2.83 bits per heavy atom. The van der Waals surface area contributed by atoms with E-state index >= 15 is 0 Å². The van der Waals surface area contributed by atoms with Gasteiger partial charge in [-0.05, 0) is 36.6 Å². The summed E-state index contributed by atoms with van der Waals surface area (Å²) in [6.45, 7) is 5.27. The number of aromatic amines is 1. The molecule has 5 nitrogen and oxygen atoms in total. The van der Waals surface area contributed by atoms with E-state index in [0.29, 0.717) is 6.42 Å². The van der Waals surface area contributed by atoms with E-state index in [1.54, 1.807) is 11.3 Å². The molecule has 1 aliphatic rings. The third kappa shape index (κ3) is 3.01. The van der Waals surface area contributed by atoms with Crippen LogP contribution in [0.3, 0.4) is 0 Å². The lowest BCUT2D eigenvalue weighted by molar-refractivity contribution is -0.130. The van der Waals surface area contributed by atoms with Gasteiger partial charge in [0.2, 0.25) is 5.91 Å². The summed E-state index contributed by atoms with van der Waals surface area (Å²) >= 11 is 1.65. The molecule has 0 bridgehead atoms. The summed E-state index contributed by atoms with van der Waals surface area (Å²) in [5.74, 6) is 1.17. The number of nitrogens with zero attached hydrogens (tertiary/aromatic N) is 3. The van der Waals surface area contributed by atoms with Crippen molar-refractivity contribution < 1.29 is 4.79 Å². The van der Waals surface area contributed by atoms with E-state index in [2.05, 4.69) is 33.1 Å². The van der Waals surface area contributed by atoms with Crippen LogP contribution in [0.25, 0.3) is 11.0 Å². The fourth-order valence-corrected chi connectivity index (χ4v) is 3.91. The Balaban J connectivity index is 1.40.